The van der Waals surface area contributed by atoms with Crippen molar-refractivity contribution in [3.8, 4) is 0 Å². The van der Waals surface area contributed by atoms with Crippen molar-refractivity contribution in [2.45, 2.75) is 18.5 Å². The molecular formula is C21H20N4O2. The van der Waals surface area contributed by atoms with E-state index in [0.717, 1.165) is 5.56 Å². The zero-order valence-electron chi connectivity index (χ0n) is 14.6. The highest BCUT2D eigenvalue weighted by Gasteiger charge is 2.31. The fourth-order valence-corrected chi connectivity index (χ4v) is 3.51. The number of amides is 2. The number of carbonyl (C=O) groups excluding carboxylic acids is 2. The molecule has 0 radical (unpaired) electrons. The second kappa shape index (κ2) is 7.19. The molecule has 1 heterocycles. The molecule has 6 nitrogen and oxygen atoms in total. The predicted octanol–water partition coefficient (Wildman–Crippen LogP) is 2.48. The molecular weight excluding hydrogens is 340 g/mol. The van der Waals surface area contributed by atoms with E-state index >= 15 is 0 Å². The van der Waals surface area contributed by atoms with E-state index in [1.54, 1.807) is 24.3 Å². The second-order valence-electron chi connectivity index (χ2n) is 6.60. The summed E-state index contributed by atoms with van der Waals surface area (Å²) in [7, 11) is 0. The first-order valence-electron chi connectivity index (χ1n) is 8.82. The van der Waals surface area contributed by atoms with Crippen LogP contribution < -0.4 is 21.9 Å². The van der Waals surface area contributed by atoms with Gasteiger partial charge in [0.1, 0.15) is 6.04 Å². The van der Waals surface area contributed by atoms with Crippen molar-refractivity contribution in [1.82, 2.24) is 10.9 Å². The van der Waals surface area contributed by atoms with Crippen molar-refractivity contribution in [3.05, 3.63) is 77.9 Å². The van der Waals surface area contributed by atoms with Gasteiger partial charge in [-0.15, -0.1) is 0 Å². The van der Waals surface area contributed by atoms with Crippen LogP contribution >= 0.6 is 0 Å². The summed E-state index contributed by atoms with van der Waals surface area (Å²) in [6, 6.07) is 20.7. The standard InChI is InChI=1S/C21H20N4O2/c22-20(26)16-9-3-4-11-17(16)23-21(27)19-12-18(24-25-19)15-10-5-7-13-6-1-2-8-14(13)15/h1-11,18-19,24-25H,12H2,(H2,22,26)(H,23,27). The fourth-order valence-electron chi connectivity index (χ4n) is 3.51. The van der Waals surface area contributed by atoms with Gasteiger partial charge < -0.3 is 11.1 Å². The largest absolute Gasteiger partial charge is 0.366 e. The van der Waals surface area contributed by atoms with Crippen LogP contribution in [0.15, 0.2) is 66.7 Å². The molecule has 27 heavy (non-hydrogen) atoms. The Labute approximate surface area is 156 Å². The number of primary amides is 1. The number of hydrazine groups is 1. The van der Waals surface area contributed by atoms with Crippen molar-refractivity contribution in [2.24, 2.45) is 5.73 Å². The summed E-state index contributed by atoms with van der Waals surface area (Å²) in [5.74, 6) is -0.782. The highest BCUT2D eigenvalue weighted by Crippen LogP contribution is 2.29. The topological polar surface area (TPSA) is 96.2 Å². The molecule has 3 aromatic carbocycles. The minimum absolute atomic E-state index is 0.0123. The number of hydrogen-bond acceptors (Lipinski definition) is 4. The quantitative estimate of drug-likeness (QED) is 0.575. The van der Waals surface area contributed by atoms with Gasteiger partial charge in [-0.05, 0) is 34.9 Å². The van der Waals surface area contributed by atoms with E-state index in [1.807, 2.05) is 18.2 Å². The zero-order chi connectivity index (χ0) is 18.8. The third-order valence-electron chi connectivity index (χ3n) is 4.87. The first-order chi connectivity index (χ1) is 13.1. The van der Waals surface area contributed by atoms with Crippen molar-refractivity contribution < 1.29 is 9.59 Å². The lowest BCUT2D eigenvalue weighted by atomic mass is 9.96. The predicted molar refractivity (Wildman–Crippen MR) is 105 cm³/mol. The summed E-state index contributed by atoms with van der Waals surface area (Å²) >= 11 is 0. The SMILES string of the molecule is NC(=O)c1ccccc1NC(=O)C1CC(c2cccc3ccccc23)NN1. The monoisotopic (exact) mass is 360 g/mol. The molecule has 0 spiro atoms. The van der Waals surface area contributed by atoms with Gasteiger partial charge in [0.25, 0.3) is 5.91 Å². The summed E-state index contributed by atoms with van der Waals surface area (Å²) in [6.45, 7) is 0. The summed E-state index contributed by atoms with van der Waals surface area (Å²) in [4.78, 5) is 24.2. The number of benzene rings is 3. The highest BCUT2D eigenvalue weighted by atomic mass is 16.2. The first kappa shape index (κ1) is 17.2. The van der Waals surface area contributed by atoms with Gasteiger partial charge in [-0.1, -0.05) is 54.6 Å². The van der Waals surface area contributed by atoms with Crippen molar-refractivity contribution in [3.63, 3.8) is 0 Å². The number of nitrogens with two attached hydrogens (primary N) is 1. The fraction of sp³-hybridized carbons (Fsp3) is 0.143. The van der Waals surface area contributed by atoms with Gasteiger partial charge in [0, 0.05) is 6.04 Å². The lowest BCUT2D eigenvalue weighted by Crippen LogP contribution is -2.39. The number of para-hydroxylation sites is 1. The summed E-state index contributed by atoms with van der Waals surface area (Å²) < 4.78 is 0. The highest BCUT2D eigenvalue weighted by molar-refractivity contribution is 6.04. The Morgan fingerprint density at radius 1 is 0.926 bits per heavy atom. The van der Waals surface area contributed by atoms with Gasteiger partial charge in [-0.2, -0.15) is 0 Å². The van der Waals surface area contributed by atoms with Crippen molar-refractivity contribution >= 4 is 28.3 Å². The van der Waals surface area contributed by atoms with E-state index in [0.29, 0.717) is 17.7 Å². The van der Waals surface area contributed by atoms with E-state index < -0.39 is 11.9 Å². The van der Waals surface area contributed by atoms with E-state index in [1.165, 1.54) is 10.8 Å². The average Bonchev–Trinajstić information content (AvgIpc) is 3.18. The molecule has 0 saturated carbocycles. The molecule has 2 amide bonds. The molecule has 4 rings (SSSR count). The van der Waals surface area contributed by atoms with Crippen molar-refractivity contribution in [2.75, 3.05) is 5.32 Å². The average molecular weight is 360 g/mol. The van der Waals surface area contributed by atoms with Gasteiger partial charge in [0.2, 0.25) is 5.91 Å². The Bertz CT molecular complexity index is 1010. The summed E-state index contributed by atoms with van der Waals surface area (Å²) in [5.41, 5.74) is 13.5. The Kier molecular flexibility index (Phi) is 4.58. The van der Waals surface area contributed by atoms with Crippen LogP contribution in [0.3, 0.4) is 0 Å². The number of nitrogens with one attached hydrogen (secondary N) is 3. The molecule has 1 aliphatic heterocycles. The number of fused-ring (bicyclic) bond motifs is 1. The number of rotatable bonds is 4. The Hall–Kier alpha value is -3.22. The summed E-state index contributed by atoms with van der Waals surface area (Å²) in [6.07, 6.45) is 0.596. The third kappa shape index (κ3) is 3.40. The molecule has 3 aromatic rings. The number of hydrogen-bond donors (Lipinski definition) is 4. The minimum atomic E-state index is -0.572. The Morgan fingerprint density at radius 3 is 2.52 bits per heavy atom. The molecule has 1 fully saturated rings. The second-order valence-corrected chi connectivity index (χ2v) is 6.60. The van der Waals surface area contributed by atoms with E-state index in [4.69, 9.17) is 5.73 Å². The maximum atomic E-state index is 12.7. The smallest absolute Gasteiger partial charge is 0.250 e. The Balaban J connectivity index is 1.51. The first-order valence-corrected chi connectivity index (χ1v) is 8.82. The molecule has 1 aliphatic rings. The molecule has 0 aliphatic carbocycles. The van der Waals surface area contributed by atoms with Crippen LogP contribution in [0.1, 0.15) is 28.4 Å². The van der Waals surface area contributed by atoms with Crippen LogP contribution in [0.5, 0.6) is 0 Å². The van der Waals surface area contributed by atoms with Gasteiger partial charge in [-0.25, -0.2) is 10.9 Å². The lowest BCUT2D eigenvalue weighted by molar-refractivity contribution is -0.117. The van der Waals surface area contributed by atoms with Gasteiger partial charge in [-0.3, -0.25) is 9.59 Å². The van der Waals surface area contributed by atoms with Crippen LogP contribution in [0.2, 0.25) is 0 Å². The molecule has 6 heteroatoms. The third-order valence-corrected chi connectivity index (χ3v) is 4.87. The molecule has 1 saturated heterocycles. The number of anilines is 1. The summed E-state index contributed by atoms with van der Waals surface area (Å²) in [5, 5.41) is 5.13. The van der Waals surface area contributed by atoms with Gasteiger partial charge >= 0.3 is 0 Å². The van der Waals surface area contributed by atoms with Crippen LogP contribution in [0.25, 0.3) is 10.8 Å². The molecule has 136 valence electrons. The lowest BCUT2D eigenvalue weighted by Gasteiger charge is -2.14. The van der Waals surface area contributed by atoms with E-state index in [-0.39, 0.29) is 11.9 Å². The van der Waals surface area contributed by atoms with Crippen LogP contribution in [0.4, 0.5) is 5.69 Å². The zero-order valence-corrected chi connectivity index (χ0v) is 14.6. The van der Waals surface area contributed by atoms with Gasteiger partial charge in [0.05, 0.1) is 11.3 Å². The van der Waals surface area contributed by atoms with E-state index in [2.05, 4.69) is 40.4 Å². The number of carbonyl (C=O) groups is 2. The van der Waals surface area contributed by atoms with Crippen molar-refractivity contribution in [1.29, 1.82) is 0 Å². The molecule has 2 atom stereocenters. The molecule has 5 N–H and O–H groups in total. The maximum Gasteiger partial charge on any atom is 0.250 e. The Morgan fingerprint density at radius 2 is 1.67 bits per heavy atom. The van der Waals surface area contributed by atoms with Crippen LogP contribution in [0, 0.1) is 0 Å². The van der Waals surface area contributed by atoms with Crippen LogP contribution in [-0.2, 0) is 4.79 Å². The maximum absolute atomic E-state index is 12.7. The minimum Gasteiger partial charge on any atom is -0.366 e. The van der Waals surface area contributed by atoms with Crippen LogP contribution in [-0.4, -0.2) is 17.9 Å². The van der Waals surface area contributed by atoms with E-state index in [9.17, 15) is 9.59 Å². The van der Waals surface area contributed by atoms with Gasteiger partial charge in [0.15, 0.2) is 0 Å². The molecule has 2 unspecified atom stereocenters. The molecule has 0 bridgehead atoms. The normalized spacial score (nSPS) is 19.1. The molecule has 0 aromatic heterocycles.